The van der Waals surface area contributed by atoms with Crippen molar-refractivity contribution in [3.63, 3.8) is 0 Å². The Morgan fingerprint density at radius 2 is 1.11 bits per heavy atom. The van der Waals surface area contributed by atoms with Crippen LogP contribution in [0.3, 0.4) is 0 Å². The number of allylic oxidation sites excluding steroid dienone is 5. The minimum Gasteiger partial charge on any atom is -0.309 e. The van der Waals surface area contributed by atoms with Crippen LogP contribution in [0.2, 0.25) is 0 Å². The van der Waals surface area contributed by atoms with Crippen LogP contribution in [0.25, 0.3) is 77.9 Å². The number of nitrogens with zero attached hydrogens (tertiary/aromatic N) is 1. The molecular weight excluding hydrogens is 651 g/mol. The van der Waals surface area contributed by atoms with Crippen molar-refractivity contribution in [2.45, 2.75) is 25.2 Å². The van der Waals surface area contributed by atoms with Crippen LogP contribution in [-0.4, -0.2) is 4.57 Å². The maximum Gasteiger partial charge on any atom is 0.0616 e. The number of fused-ring (bicyclic) bond motifs is 7. The van der Waals surface area contributed by atoms with Gasteiger partial charge in [-0.1, -0.05) is 172 Å². The van der Waals surface area contributed by atoms with Crippen molar-refractivity contribution in [2.24, 2.45) is 5.92 Å². The topological polar surface area (TPSA) is 4.93 Å². The number of hydrogen-bond donors (Lipinski definition) is 0. The lowest BCUT2D eigenvalue weighted by Crippen LogP contribution is -2.23. The second-order valence-corrected chi connectivity index (χ2v) is 15.6. The Kier molecular flexibility index (Phi) is 6.79. The van der Waals surface area contributed by atoms with Crippen LogP contribution in [-0.2, 0) is 5.41 Å². The highest BCUT2D eigenvalue weighted by Crippen LogP contribution is 2.51. The van der Waals surface area contributed by atoms with Crippen molar-refractivity contribution in [1.82, 2.24) is 4.57 Å². The zero-order valence-electron chi connectivity index (χ0n) is 30.5. The van der Waals surface area contributed by atoms with Gasteiger partial charge >= 0.3 is 0 Å². The van der Waals surface area contributed by atoms with Crippen molar-refractivity contribution in [3.05, 3.63) is 204 Å². The zero-order chi connectivity index (χ0) is 36.0. The van der Waals surface area contributed by atoms with Gasteiger partial charge < -0.3 is 4.57 Å². The molecule has 0 radical (unpaired) electrons. The highest BCUT2D eigenvalue weighted by molar-refractivity contribution is 6.09. The molecule has 0 aliphatic heterocycles. The lowest BCUT2D eigenvalue weighted by atomic mass is 9.68. The Morgan fingerprint density at radius 3 is 1.94 bits per heavy atom. The van der Waals surface area contributed by atoms with Gasteiger partial charge in [-0.05, 0) is 96.7 Å². The van der Waals surface area contributed by atoms with Gasteiger partial charge in [-0.3, -0.25) is 0 Å². The van der Waals surface area contributed by atoms with Gasteiger partial charge in [0.2, 0.25) is 0 Å². The normalized spacial score (nSPS) is 17.4. The molecule has 256 valence electrons. The smallest absolute Gasteiger partial charge is 0.0616 e. The third-order valence-electron chi connectivity index (χ3n) is 12.4. The van der Waals surface area contributed by atoms with Gasteiger partial charge in [-0.2, -0.15) is 0 Å². The first-order chi connectivity index (χ1) is 26.6. The van der Waals surface area contributed by atoms with E-state index in [4.69, 9.17) is 0 Å². The number of hydrogen-bond acceptors (Lipinski definition) is 0. The summed E-state index contributed by atoms with van der Waals surface area (Å²) in [4.78, 5) is 0. The van der Waals surface area contributed by atoms with Crippen molar-refractivity contribution >= 4 is 27.8 Å². The molecule has 1 heterocycles. The van der Waals surface area contributed by atoms with Gasteiger partial charge in [0, 0.05) is 33.9 Å². The average molecular weight is 690 g/mol. The molecule has 0 N–H and O–H groups in total. The minimum absolute atomic E-state index is 0.0747. The molecule has 7 aromatic carbocycles. The van der Waals surface area contributed by atoms with E-state index in [2.05, 4.69) is 207 Å². The first-order valence-corrected chi connectivity index (χ1v) is 19.2. The summed E-state index contributed by atoms with van der Waals surface area (Å²) >= 11 is 0. The number of para-hydroxylation sites is 2. The molecule has 1 heteroatoms. The van der Waals surface area contributed by atoms with Crippen LogP contribution >= 0.6 is 0 Å². The van der Waals surface area contributed by atoms with E-state index in [1.807, 2.05) is 0 Å². The average Bonchev–Trinajstić information content (AvgIpc) is 3.58. The summed E-state index contributed by atoms with van der Waals surface area (Å²) in [6.07, 6.45) is 13.8. The molecule has 8 aromatic rings. The molecule has 0 saturated heterocycles. The summed E-state index contributed by atoms with van der Waals surface area (Å²) in [7, 11) is 0. The van der Waals surface area contributed by atoms with Crippen molar-refractivity contribution in [2.75, 3.05) is 0 Å². The van der Waals surface area contributed by atoms with Gasteiger partial charge in [0.15, 0.2) is 0 Å². The van der Waals surface area contributed by atoms with Crippen molar-refractivity contribution < 1.29 is 0 Å². The highest BCUT2D eigenvalue weighted by atomic mass is 15.0. The zero-order valence-corrected chi connectivity index (χ0v) is 30.5. The summed E-state index contributed by atoms with van der Waals surface area (Å²) in [5.41, 5.74) is 18.0. The van der Waals surface area contributed by atoms with E-state index in [1.165, 1.54) is 94.3 Å². The van der Waals surface area contributed by atoms with Crippen LogP contribution in [0.15, 0.2) is 182 Å². The lowest BCUT2D eigenvalue weighted by Gasteiger charge is -2.35. The van der Waals surface area contributed by atoms with Crippen LogP contribution in [0.5, 0.6) is 0 Å². The minimum atomic E-state index is -0.0747. The van der Waals surface area contributed by atoms with E-state index in [9.17, 15) is 0 Å². The molecule has 0 bridgehead atoms. The third kappa shape index (κ3) is 4.51. The van der Waals surface area contributed by atoms with Crippen LogP contribution in [0, 0.1) is 5.92 Å². The van der Waals surface area contributed by atoms with Gasteiger partial charge in [-0.25, -0.2) is 0 Å². The summed E-state index contributed by atoms with van der Waals surface area (Å²) in [5.74, 6) is 0.699. The summed E-state index contributed by atoms with van der Waals surface area (Å²) in [6, 6.07) is 56.5. The third-order valence-corrected chi connectivity index (χ3v) is 12.4. The summed E-state index contributed by atoms with van der Waals surface area (Å²) in [6.45, 7) is 4.74. The van der Waals surface area contributed by atoms with E-state index in [-0.39, 0.29) is 5.41 Å². The molecule has 0 spiro atoms. The Hall–Kier alpha value is -6.44. The predicted octanol–water partition coefficient (Wildman–Crippen LogP) is 13.9. The monoisotopic (exact) mass is 689 g/mol. The summed E-state index contributed by atoms with van der Waals surface area (Å²) in [5, 5.41) is 4.02. The van der Waals surface area contributed by atoms with E-state index in [0.717, 1.165) is 0 Å². The van der Waals surface area contributed by atoms with Crippen LogP contribution in [0.1, 0.15) is 42.1 Å². The molecule has 0 fully saturated rings. The molecule has 0 amide bonds. The van der Waals surface area contributed by atoms with Gasteiger partial charge in [0.05, 0.1) is 11.2 Å². The first-order valence-electron chi connectivity index (χ1n) is 19.2. The molecule has 0 saturated carbocycles. The Labute approximate surface area is 316 Å². The van der Waals surface area contributed by atoms with E-state index < -0.39 is 0 Å². The molecule has 11 rings (SSSR count). The van der Waals surface area contributed by atoms with E-state index >= 15 is 0 Å². The molecule has 3 aliphatic rings. The Balaban J connectivity index is 1.06. The van der Waals surface area contributed by atoms with Gasteiger partial charge in [-0.15, -0.1) is 0 Å². The molecule has 1 nitrogen and oxygen atoms in total. The molecule has 2 atom stereocenters. The number of aromatic nitrogens is 1. The van der Waals surface area contributed by atoms with E-state index in [0.29, 0.717) is 11.8 Å². The Morgan fingerprint density at radius 1 is 0.481 bits per heavy atom. The van der Waals surface area contributed by atoms with Crippen LogP contribution < -0.4 is 0 Å². The van der Waals surface area contributed by atoms with Crippen molar-refractivity contribution in [3.8, 4) is 50.2 Å². The maximum atomic E-state index is 2.49. The van der Waals surface area contributed by atoms with Gasteiger partial charge in [0.25, 0.3) is 0 Å². The molecule has 2 unspecified atom stereocenters. The number of rotatable bonds is 4. The Bertz CT molecular complexity index is 2910. The molecule has 3 aliphatic carbocycles. The van der Waals surface area contributed by atoms with Crippen LogP contribution in [0.4, 0.5) is 0 Å². The largest absolute Gasteiger partial charge is 0.309 e. The van der Waals surface area contributed by atoms with Crippen molar-refractivity contribution in [1.29, 1.82) is 0 Å². The molecule has 54 heavy (non-hydrogen) atoms. The van der Waals surface area contributed by atoms with Gasteiger partial charge in [0.1, 0.15) is 0 Å². The second-order valence-electron chi connectivity index (χ2n) is 15.6. The second kappa shape index (κ2) is 11.8. The fourth-order valence-electron chi connectivity index (χ4n) is 9.82. The first kappa shape index (κ1) is 31.1. The molecule has 1 aromatic heterocycles. The number of benzene rings is 7. The maximum absolute atomic E-state index is 2.49. The fourth-order valence-corrected chi connectivity index (χ4v) is 9.82. The van der Waals surface area contributed by atoms with E-state index in [1.54, 1.807) is 0 Å². The lowest BCUT2D eigenvalue weighted by molar-refractivity contribution is 0.645. The SMILES string of the molecule is CC1(C)c2ccccc2-c2ccc(-c3cccc(-c4cccc(-c5cccc6c7c(n(-c8ccccc8)c56)C=CC5C=CC=CC75)c4)c3)c3cccc1c23. The standard InChI is InChI=1S/C53H39N/c1-53(2)47-26-9-8-22-43(47)45-30-29-40(44-24-13-27-48(53)50(44)45)37-17-10-15-35(32-37)36-16-11-18-38(33-36)42-23-12-25-46-51-41-21-7-6-14-34(41)28-31-49(51)54(52(42)46)39-19-4-3-5-20-39/h3-34,41H,1-2H3. The highest BCUT2D eigenvalue weighted by Gasteiger charge is 2.34. The quantitative estimate of drug-likeness (QED) is 0.173. The molecular formula is C53H39N. The fraction of sp³-hybridized carbons (Fsp3) is 0.0943. The predicted molar refractivity (Wildman–Crippen MR) is 228 cm³/mol. The summed E-state index contributed by atoms with van der Waals surface area (Å²) < 4.78 is 2.49.